The molecule has 0 aliphatic carbocycles. The maximum Gasteiger partial charge on any atom is 0.0441 e. The number of hydrogen-bond donors (Lipinski definition) is 1. The van der Waals surface area contributed by atoms with Gasteiger partial charge in [-0.15, -0.1) is 0 Å². The van der Waals surface area contributed by atoms with Crippen LogP contribution in [0, 0.1) is 0 Å². The molecule has 1 nitrogen and oxygen atoms in total. The molecule has 0 aromatic carbocycles. The Balaban J connectivity index is 3.21. The van der Waals surface area contributed by atoms with Crippen LogP contribution in [0.3, 0.4) is 0 Å². The molecule has 3 heteroatoms. The first kappa shape index (κ1) is 10.3. The molecule has 0 aliphatic heterocycles. The molecule has 0 fully saturated rings. The lowest BCUT2D eigenvalue weighted by Crippen LogP contribution is -2.00. The Bertz CT molecular complexity index is 106. The van der Waals surface area contributed by atoms with Crippen LogP contribution in [0.2, 0.25) is 0 Å². The first-order chi connectivity index (χ1) is 4.66. The molecule has 0 amide bonds. The van der Waals surface area contributed by atoms with Gasteiger partial charge in [-0.3, -0.25) is 0 Å². The van der Waals surface area contributed by atoms with E-state index in [4.69, 9.17) is 16.7 Å². The maximum absolute atomic E-state index is 8.53. The van der Waals surface area contributed by atoms with Crippen LogP contribution in [0.25, 0.3) is 0 Å². The molecule has 1 atom stereocenters. The van der Waals surface area contributed by atoms with E-state index in [9.17, 15) is 0 Å². The molecular formula is C7H13ClOS. The fourth-order valence-corrected chi connectivity index (χ4v) is 1.42. The molecule has 1 unspecified atom stereocenters. The monoisotopic (exact) mass is 180 g/mol. The highest BCUT2D eigenvalue weighted by atomic mass is 35.5. The van der Waals surface area contributed by atoms with Gasteiger partial charge < -0.3 is 5.11 Å². The second kappa shape index (κ2) is 6.08. The fourth-order valence-electron chi connectivity index (χ4n) is 0.498. The minimum absolute atomic E-state index is 0.253. The minimum Gasteiger partial charge on any atom is -0.396 e. The Hall–Kier alpha value is 0.340. The number of thioether (sulfide) groups is 1. The van der Waals surface area contributed by atoms with E-state index in [1.807, 2.05) is 0 Å². The van der Waals surface area contributed by atoms with Crippen molar-refractivity contribution in [3.05, 3.63) is 11.6 Å². The van der Waals surface area contributed by atoms with E-state index >= 15 is 0 Å². The third-order valence-electron chi connectivity index (χ3n) is 1.06. The molecule has 0 saturated heterocycles. The van der Waals surface area contributed by atoms with Crippen molar-refractivity contribution in [3.63, 3.8) is 0 Å². The van der Waals surface area contributed by atoms with Crippen LogP contribution in [0.1, 0.15) is 13.3 Å². The summed E-state index contributed by atoms with van der Waals surface area (Å²) >= 11 is 7.26. The van der Waals surface area contributed by atoms with Crippen LogP contribution in [0.4, 0.5) is 0 Å². The van der Waals surface area contributed by atoms with Gasteiger partial charge in [0.25, 0.3) is 0 Å². The maximum atomic E-state index is 8.53. The highest BCUT2D eigenvalue weighted by molar-refractivity contribution is 8.00. The van der Waals surface area contributed by atoms with E-state index in [1.165, 1.54) is 0 Å². The van der Waals surface area contributed by atoms with Crippen molar-refractivity contribution in [1.29, 1.82) is 0 Å². The molecule has 0 bridgehead atoms. The molecule has 0 spiro atoms. The predicted octanol–water partition coefficient (Wildman–Crippen LogP) is 2.24. The van der Waals surface area contributed by atoms with E-state index in [-0.39, 0.29) is 6.61 Å². The van der Waals surface area contributed by atoms with Crippen LogP contribution in [-0.2, 0) is 0 Å². The lowest BCUT2D eigenvalue weighted by Gasteiger charge is -2.07. The van der Waals surface area contributed by atoms with E-state index in [0.717, 1.165) is 12.2 Å². The van der Waals surface area contributed by atoms with Gasteiger partial charge >= 0.3 is 0 Å². The summed E-state index contributed by atoms with van der Waals surface area (Å²) < 4.78 is 0. The summed E-state index contributed by atoms with van der Waals surface area (Å²) in [4.78, 5) is 0. The molecule has 0 rings (SSSR count). The average Bonchev–Trinajstić information content (AvgIpc) is 1.85. The number of aliphatic hydroxyl groups excluding tert-OH is 1. The predicted molar refractivity (Wildman–Crippen MR) is 48.6 cm³/mol. The minimum atomic E-state index is 0.253. The molecule has 60 valence electrons. The normalized spacial score (nSPS) is 13.1. The van der Waals surface area contributed by atoms with Gasteiger partial charge in [-0.25, -0.2) is 0 Å². The van der Waals surface area contributed by atoms with Crippen molar-refractivity contribution in [2.45, 2.75) is 18.6 Å². The highest BCUT2D eigenvalue weighted by Gasteiger charge is 2.00. The molecular weight excluding hydrogens is 168 g/mol. The molecule has 0 radical (unpaired) electrons. The van der Waals surface area contributed by atoms with Gasteiger partial charge in [0.05, 0.1) is 0 Å². The lowest BCUT2D eigenvalue weighted by molar-refractivity contribution is 0.289. The quantitative estimate of drug-likeness (QED) is 0.701. The zero-order valence-electron chi connectivity index (χ0n) is 6.14. The molecule has 0 saturated carbocycles. The summed E-state index contributed by atoms with van der Waals surface area (Å²) in [6, 6.07) is 0. The molecule has 0 heterocycles. The van der Waals surface area contributed by atoms with Gasteiger partial charge in [0.1, 0.15) is 0 Å². The standard InChI is InChI=1S/C7H13ClOS/c1-6(8)5-10-7(2)3-4-9/h7,9H,1,3-5H2,2H3. The Labute approximate surface area is 71.5 Å². The first-order valence-corrected chi connectivity index (χ1v) is 4.65. The van der Waals surface area contributed by atoms with Gasteiger partial charge in [-0.05, 0) is 6.42 Å². The van der Waals surface area contributed by atoms with Gasteiger partial charge in [-0.1, -0.05) is 25.1 Å². The van der Waals surface area contributed by atoms with Gasteiger partial charge in [-0.2, -0.15) is 11.8 Å². The fraction of sp³-hybridized carbons (Fsp3) is 0.714. The number of halogens is 1. The van der Waals surface area contributed by atoms with Crippen LogP contribution in [0.5, 0.6) is 0 Å². The number of hydrogen-bond acceptors (Lipinski definition) is 2. The smallest absolute Gasteiger partial charge is 0.0441 e. The topological polar surface area (TPSA) is 20.2 Å². The number of rotatable bonds is 5. The molecule has 0 aliphatic rings. The molecule has 0 aromatic heterocycles. The zero-order chi connectivity index (χ0) is 7.98. The van der Waals surface area contributed by atoms with Crippen molar-refractivity contribution in [1.82, 2.24) is 0 Å². The van der Waals surface area contributed by atoms with E-state index in [1.54, 1.807) is 11.8 Å². The SMILES string of the molecule is C=C(Cl)CSC(C)CCO. The van der Waals surface area contributed by atoms with Crippen LogP contribution >= 0.6 is 23.4 Å². The van der Waals surface area contributed by atoms with Crippen LogP contribution < -0.4 is 0 Å². The zero-order valence-corrected chi connectivity index (χ0v) is 7.71. The summed E-state index contributed by atoms with van der Waals surface area (Å²) in [5, 5.41) is 9.68. The van der Waals surface area contributed by atoms with E-state index in [0.29, 0.717) is 10.3 Å². The first-order valence-electron chi connectivity index (χ1n) is 3.22. The second-order valence-electron chi connectivity index (χ2n) is 2.15. The van der Waals surface area contributed by atoms with Gasteiger partial charge in [0.15, 0.2) is 0 Å². The van der Waals surface area contributed by atoms with E-state index < -0.39 is 0 Å². The Morgan fingerprint density at radius 3 is 2.80 bits per heavy atom. The van der Waals surface area contributed by atoms with Crippen LogP contribution in [0.15, 0.2) is 11.6 Å². The summed E-state index contributed by atoms with van der Waals surface area (Å²) in [6.45, 7) is 5.89. The van der Waals surface area contributed by atoms with E-state index in [2.05, 4.69) is 13.5 Å². The van der Waals surface area contributed by atoms with Crippen molar-refractivity contribution >= 4 is 23.4 Å². The van der Waals surface area contributed by atoms with Crippen molar-refractivity contribution < 1.29 is 5.11 Å². The number of aliphatic hydroxyl groups is 1. The summed E-state index contributed by atoms with van der Waals surface area (Å²) in [7, 11) is 0. The summed E-state index contributed by atoms with van der Waals surface area (Å²) in [6.07, 6.45) is 0.828. The van der Waals surface area contributed by atoms with Crippen LogP contribution in [-0.4, -0.2) is 22.7 Å². The largest absolute Gasteiger partial charge is 0.396 e. The second-order valence-corrected chi connectivity index (χ2v) is 4.11. The summed E-state index contributed by atoms with van der Waals surface area (Å²) in [5.41, 5.74) is 0. The third-order valence-corrected chi connectivity index (χ3v) is 2.67. The third kappa shape index (κ3) is 6.46. The average molecular weight is 181 g/mol. The van der Waals surface area contributed by atoms with Gasteiger partial charge in [0, 0.05) is 22.6 Å². The molecule has 1 N–H and O–H groups in total. The van der Waals surface area contributed by atoms with Gasteiger partial charge in [0.2, 0.25) is 0 Å². The Morgan fingerprint density at radius 1 is 1.80 bits per heavy atom. The van der Waals surface area contributed by atoms with Crippen molar-refractivity contribution in [3.8, 4) is 0 Å². The highest BCUT2D eigenvalue weighted by Crippen LogP contribution is 2.17. The van der Waals surface area contributed by atoms with Crippen molar-refractivity contribution in [2.75, 3.05) is 12.4 Å². The van der Waals surface area contributed by atoms with Crippen molar-refractivity contribution in [2.24, 2.45) is 0 Å². The Morgan fingerprint density at radius 2 is 2.40 bits per heavy atom. The molecule has 0 aromatic rings. The Kier molecular flexibility index (Phi) is 6.28. The lowest BCUT2D eigenvalue weighted by atomic mass is 10.3. The summed E-state index contributed by atoms with van der Waals surface area (Å²) in [5.74, 6) is 0.780. The molecule has 10 heavy (non-hydrogen) atoms.